The van der Waals surface area contributed by atoms with Gasteiger partial charge in [0.15, 0.2) is 0 Å². The Hall–Kier alpha value is -1.20. The van der Waals surface area contributed by atoms with Crippen LogP contribution in [0.3, 0.4) is 0 Å². The number of nitriles is 1. The van der Waals surface area contributed by atoms with Gasteiger partial charge in [0.2, 0.25) is 0 Å². The molecule has 0 N–H and O–H groups in total. The van der Waals surface area contributed by atoms with Crippen molar-refractivity contribution in [3.63, 3.8) is 0 Å². The van der Waals surface area contributed by atoms with Crippen LogP contribution in [0.15, 0.2) is 18.2 Å². The van der Waals surface area contributed by atoms with Crippen molar-refractivity contribution in [3.05, 3.63) is 28.8 Å². The molecule has 0 radical (unpaired) electrons. The molecule has 0 unspecified atom stereocenters. The van der Waals surface area contributed by atoms with Crippen molar-refractivity contribution in [3.8, 4) is 6.07 Å². The van der Waals surface area contributed by atoms with Crippen LogP contribution in [-0.4, -0.2) is 13.6 Å². The highest BCUT2D eigenvalue weighted by atomic mass is 35.5. The fraction of sp³-hybridized carbons (Fsp3) is 0.300. The highest BCUT2D eigenvalue weighted by Crippen LogP contribution is 2.22. The van der Waals surface area contributed by atoms with Gasteiger partial charge in [-0.15, -0.1) is 0 Å². The minimum Gasteiger partial charge on any atom is -0.361 e. The fourth-order valence-corrected chi connectivity index (χ4v) is 1.47. The van der Waals surface area contributed by atoms with E-state index >= 15 is 0 Å². The summed E-state index contributed by atoms with van der Waals surface area (Å²) in [5.74, 6) is 0. The number of anilines is 1. The van der Waals surface area contributed by atoms with Crippen LogP contribution in [0.5, 0.6) is 0 Å². The molecular formula is C10H11ClN2. The van der Waals surface area contributed by atoms with E-state index < -0.39 is 0 Å². The van der Waals surface area contributed by atoms with Gasteiger partial charge in [-0.25, -0.2) is 0 Å². The number of nitrogens with zero attached hydrogens (tertiary/aromatic N) is 2. The molecule has 0 heterocycles. The second kappa shape index (κ2) is 4.15. The normalized spacial score (nSPS) is 9.38. The van der Waals surface area contributed by atoms with Crippen molar-refractivity contribution >= 4 is 17.3 Å². The Labute approximate surface area is 83.3 Å². The third kappa shape index (κ3) is 2.37. The molecule has 0 atom stereocenters. The molecule has 0 saturated carbocycles. The molecule has 0 amide bonds. The highest BCUT2D eigenvalue weighted by molar-refractivity contribution is 6.30. The van der Waals surface area contributed by atoms with Crippen molar-refractivity contribution in [2.75, 3.05) is 18.5 Å². The highest BCUT2D eigenvalue weighted by Gasteiger charge is 2.03. The largest absolute Gasteiger partial charge is 0.361 e. The van der Waals surface area contributed by atoms with Crippen molar-refractivity contribution < 1.29 is 0 Å². The van der Waals surface area contributed by atoms with Crippen molar-refractivity contribution in [1.29, 1.82) is 5.26 Å². The minimum absolute atomic E-state index is 0.391. The number of aryl methyl sites for hydroxylation is 1. The number of benzene rings is 1. The van der Waals surface area contributed by atoms with Crippen LogP contribution in [-0.2, 0) is 0 Å². The van der Waals surface area contributed by atoms with Gasteiger partial charge in [-0.2, -0.15) is 5.26 Å². The lowest BCUT2D eigenvalue weighted by Crippen LogP contribution is -2.17. The van der Waals surface area contributed by atoms with Crippen LogP contribution in [0.2, 0.25) is 5.02 Å². The van der Waals surface area contributed by atoms with E-state index in [1.54, 1.807) is 0 Å². The molecule has 0 bridgehead atoms. The Bertz CT molecular complexity index is 341. The molecule has 0 aliphatic rings. The predicted molar refractivity (Wildman–Crippen MR) is 55.1 cm³/mol. The van der Waals surface area contributed by atoms with E-state index in [2.05, 4.69) is 6.07 Å². The maximum atomic E-state index is 8.53. The Balaban J connectivity index is 2.96. The smallest absolute Gasteiger partial charge is 0.105 e. The molecule has 0 aliphatic carbocycles. The second-order valence-corrected chi connectivity index (χ2v) is 3.38. The molecule has 0 spiro atoms. The summed E-state index contributed by atoms with van der Waals surface area (Å²) in [6, 6.07) is 7.75. The van der Waals surface area contributed by atoms with Crippen molar-refractivity contribution in [1.82, 2.24) is 0 Å². The zero-order valence-corrected chi connectivity index (χ0v) is 8.47. The fourth-order valence-electron chi connectivity index (χ4n) is 1.24. The average Bonchev–Trinajstić information content (AvgIpc) is 2.04. The quantitative estimate of drug-likeness (QED) is 0.677. The summed E-state index contributed by atoms with van der Waals surface area (Å²) in [7, 11) is 1.89. The lowest BCUT2D eigenvalue weighted by molar-refractivity contribution is 1.03. The van der Waals surface area contributed by atoms with E-state index in [1.807, 2.05) is 37.1 Å². The summed E-state index contributed by atoms with van der Waals surface area (Å²) in [4.78, 5) is 1.89. The molecule has 0 fully saturated rings. The van der Waals surface area contributed by atoms with E-state index in [0.717, 1.165) is 16.3 Å². The summed E-state index contributed by atoms with van der Waals surface area (Å²) in [5.41, 5.74) is 2.14. The summed E-state index contributed by atoms with van der Waals surface area (Å²) in [6.07, 6.45) is 0. The zero-order chi connectivity index (χ0) is 9.84. The van der Waals surface area contributed by atoms with Crippen LogP contribution in [0.4, 0.5) is 5.69 Å². The maximum Gasteiger partial charge on any atom is 0.105 e. The zero-order valence-electron chi connectivity index (χ0n) is 7.71. The monoisotopic (exact) mass is 194 g/mol. The van der Waals surface area contributed by atoms with Crippen LogP contribution in [0.25, 0.3) is 0 Å². The van der Waals surface area contributed by atoms with Crippen molar-refractivity contribution in [2.45, 2.75) is 6.92 Å². The molecule has 3 heteroatoms. The topological polar surface area (TPSA) is 27.0 Å². The number of rotatable bonds is 2. The average molecular weight is 195 g/mol. The van der Waals surface area contributed by atoms with Gasteiger partial charge >= 0.3 is 0 Å². The molecule has 1 aromatic carbocycles. The van der Waals surface area contributed by atoms with E-state index in [0.29, 0.717) is 6.54 Å². The third-order valence-electron chi connectivity index (χ3n) is 1.88. The first-order valence-electron chi connectivity index (χ1n) is 3.99. The van der Waals surface area contributed by atoms with Gasteiger partial charge in [0.1, 0.15) is 6.54 Å². The molecule has 68 valence electrons. The molecule has 13 heavy (non-hydrogen) atoms. The lowest BCUT2D eigenvalue weighted by atomic mass is 10.2. The lowest BCUT2D eigenvalue weighted by Gasteiger charge is -2.17. The SMILES string of the molecule is Cc1cc(Cl)ccc1N(C)CC#N. The molecular weight excluding hydrogens is 184 g/mol. The van der Waals surface area contributed by atoms with Crippen LogP contribution < -0.4 is 4.90 Å². The Morgan fingerprint density at radius 1 is 1.54 bits per heavy atom. The van der Waals surface area contributed by atoms with Gasteiger partial charge in [-0.1, -0.05) is 11.6 Å². The van der Waals surface area contributed by atoms with Gasteiger partial charge in [0, 0.05) is 17.8 Å². The Kier molecular flexibility index (Phi) is 3.16. The Morgan fingerprint density at radius 2 is 2.23 bits per heavy atom. The first-order chi connectivity index (χ1) is 6.15. The standard InChI is InChI=1S/C10H11ClN2/c1-8-7-9(11)3-4-10(8)13(2)6-5-12/h3-4,7H,6H2,1-2H3. The van der Waals surface area contributed by atoms with Crippen LogP contribution in [0, 0.1) is 18.3 Å². The van der Waals surface area contributed by atoms with Gasteiger partial charge in [-0.05, 0) is 30.7 Å². The number of hydrogen-bond acceptors (Lipinski definition) is 2. The van der Waals surface area contributed by atoms with Crippen LogP contribution in [0.1, 0.15) is 5.56 Å². The second-order valence-electron chi connectivity index (χ2n) is 2.94. The summed E-state index contributed by atoms with van der Waals surface area (Å²) < 4.78 is 0. The van der Waals surface area contributed by atoms with Crippen LogP contribution >= 0.6 is 11.6 Å². The third-order valence-corrected chi connectivity index (χ3v) is 2.11. The van der Waals surface area contributed by atoms with E-state index in [-0.39, 0.29) is 0 Å². The molecule has 1 aromatic rings. The molecule has 1 rings (SSSR count). The van der Waals surface area contributed by atoms with E-state index in [1.165, 1.54) is 0 Å². The number of hydrogen-bond donors (Lipinski definition) is 0. The van der Waals surface area contributed by atoms with Crippen molar-refractivity contribution in [2.24, 2.45) is 0 Å². The Morgan fingerprint density at radius 3 is 2.77 bits per heavy atom. The summed E-state index contributed by atoms with van der Waals surface area (Å²) >= 11 is 5.82. The number of halogens is 1. The molecule has 0 aromatic heterocycles. The van der Waals surface area contributed by atoms with Gasteiger partial charge in [0.05, 0.1) is 6.07 Å². The first-order valence-corrected chi connectivity index (χ1v) is 4.37. The summed E-state index contributed by atoms with van der Waals surface area (Å²) in [5, 5.41) is 9.25. The molecule has 0 saturated heterocycles. The van der Waals surface area contributed by atoms with Gasteiger partial charge in [0.25, 0.3) is 0 Å². The van der Waals surface area contributed by atoms with E-state index in [9.17, 15) is 0 Å². The molecule has 2 nitrogen and oxygen atoms in total. The van der Waals surface area contributed by atoms with Gasteiger partial charge < -0.3 is 4.90 Å². The maximum absolute atomic E-state index is 8.53. The minimum atomic E-state index is 0.391. The molecule has 0 aliphatic heterocycles. The van der Waals surface area contributed by atoms with E-state index in [4.69, 9.17) is 16.9 Å². The first kappa shape index (κ1) is 9.88. The summed E-state index contributed by atoms with van der Waals surface area (Å²) in [6.45, 7) is 2.37. The predicted octanol–water partition coefficient (Wildman–Crippen LogP) is 2.61. The van der Waals surface area contributed by atoms with Gasteiger partial charge in [-0.3, -0.25) is 0 Å².